The maximum Gasteiger partial charge on any atom is 0.407 e. The van der Waals surface area contributed by atoms with Gasteiger partial charge in [0.05, 0.1) is 19.6 Å². The molecule has 2 rings (SSSR count). The van der Waals surface area contributed by atoms with E-state index in [2.05, 4.69) is 10.6 Å². The monoisotopic (exact) mass is 429 g/mol. The summed E-state index contributed by atoms with van der Waals surface area (Å²) in [4.78, 5) is 35.7. The van der Waals surface area contributed by atoms with Crippen molar-refractivity contribution in [3.8, 4) is 5.75 Å². The topological polar surface area (TPSA) is 140 Å². The molecule has 31 heavy (non-hydrogen) atoms. The van der Waals surface area contributed by atoms with E-state index in [0.29, 0.717) is 11.3 Å². The third-order valence-electron chi connectivity index (χ3n) is 4.41. The molecule has 0 radical (unpaired) electrons. The fraction of sp³-hybridized carbons (Fsp3) is 0.318. The molecule has 166 valence electrons. The highest BCUT2D eigenvalue weighted by Gasteiger charge is 2.22. The van der Waals surface area contributed by atoms with Gasteiger partial charge in [-0.25, -0.2) is 4.79 Å². The third-order valence-corrected chi connectivity index (χ3v) is 4.41. The summed E-state index contributed by atoms with van der Waals surface area (Å²) in [5, 5.41) is 14.9. The normalized spacial score (nSPS) is 12.3. The minimum absolute atomic E-state index is 0.0898. The summed E-state index contributed by atoms with van der Waals surface area (Å²) in [5.74, 6) is -0.719. The predicted molar refractivity (Wildman–Crippen MR) is 113 cm³/mol. The highest BCUT2D eigenvalue weighted by Crippen LogP contribution is 2.19. The minimum atomic E-state index is -1.16. The maximum absolute atomic E-state index is 12.2. The number of aliphatic hydroxyl groups is 1. The van der Waals surface area contributed by atoms with Crippen molar-refractivity contribution in [1.82, 2.24) is 10.6 Å². The average Bonchev–Trinajstić information content (AvgIpc) is 2.76. The number of aliphatic hydroxyl groups excluding tert-OH is 1. The number of carbonyl (C=O) groups excluding carboxylic acids is 3. The second-order valence-corrected chi connectivity index (χ2v) is 6.84. The standard InChI is InChI=1S/C22H27N3O6/c1-30-19-10-6-5-9-16(19)11-18(21(23)28)25-20(27)12-17(26)13-24-22(29)31-14-15-7-3-2-4-8-15/h2-10,17-18,26H,11-14H2,1H3,(H2,23,28)(H,24,29)(H,25,27)/t17-,18-/m0/s1. The Morgan fingerprint density at radius 1 is 1.06 bits per heavy atom. The van der Waals surface area contributed by atoms with Crippen molar-refractivity contribution in [2.75, 3.05) is 13.7 Å². The Hall–Kier alpha value is -3.59. The molecule has 0 aliphatic carbocycles. The molecule has 0 aromatic heterocycles. The van der Waals surface area contributed by atoms with Crippen LogP contribution in [0.5, 0.6) is 5.75 Å². The first-order valence-corrected chi connectivity index (χ1v) is 9.72. The Morgan fingerprint density at radius 2 is 1.74 bits per heavy atom. The number of rotatable bonds is 11. The van der Waals surface area contributed by atoms with Crippen LogP contribution in [0.2, 0.25) is 0 Å². The summed E-state index contributed by atoms with van der Waals surface area (Å²) in [7, 11) is 1.50. The van der Waals surface area contributed by atoms with Crippen LogP contribution in [0, 0.1) is 0 Å². The zero-order chi connectivity index (χ0) is 22.6. The molecule has 2 aromatic rings. The number of amides is 3. The highest BCUT2D eigenvalue weighted by atomic mass is 16.5. The van der Waals surface area contributed by atoms with E-state index in [9.17, 15) is 19.5 Å². The molecule has 0 bridgehead atoms. The van der Waals surface area contributed by atoms with E-state index in [1.54, 1.807) is 24.3 Å². The molecule has 0 aliphatic rings. The number of nitrogens with one attached hydrogen (secondary N) is 2. The van der Waals surface area contributed by atoms with Gasteiger partial charge in [-0.1, -0.05) is 48.5 Å². The van der Waals surface area contributed by atoms with E-state index in [0.717, 1.165) is 5.56 Å². The number of ether oxygens (including phenoxy) is 2. The number of alkyl carbamates (subject to hydrolysis) is 1. The van der Waals surface area contributed by atoms with Crippen LogP contribution in [0.1, 0.15) is 17.5 Å². The second-order valence-electron chi connectivity index (χ2n) is 6.84. The van der Waals surface area contributed by atoms with Gasteiger partial charge < -0.3 is 30.9 Å². The molecule has 3 amide bonds. The number of para-hydroxylation sites is 1. The summed E-state index contributed by atoms with van der Waals surface area (Å²) in [6.07, 6.45) is -2.06. The Kier molecular flexibility index (Phi) is 9.31. The molecule has 0 spiro atoms. The van der Waals surface area contributed by atoms with Gasteiger partial charge >= 0.3 is 6.09 Å². The fourth-order valence-corrected chi connectivity index (χ4v) is 2.83. The minimum Gasteiger partial charge on any atom is -0.496 e. The van der Waals surface area contributed by atoms with Crippen LogP contribution in [-0.4, -0.2) is 48.8 Å². The number of nitrogens with two attached hydrogens (primary N) is 1. The summed E-state index contributed by atoms with van der Waals surface area (Å²) in [6.45, 7) is -0.0959. The molecule has 9 nitrogen and oxygen atoms in total. The maximum atomic E-state index is 12.2. The van der Waals surface area contributed by atoms with Crippen LogP contribution >= 0.6 is 0 Å². The van der Waals surface area contributed by atoms with Crippen LogP contribution < -0.4 is 21.1 Å². The first kappa shape index (κ1) is 23.7. The Morgan fingerprint density at radius 3 is 2.42 bits per heavy atom. The van der Waals surface area contributed by atoms with Gasteiger partial charge in [-0.3, -0.25) is 9.59 Å². The molecule has 2 aromatic carbocycles. The lowest BCUT2D eigenvalue weighted by molar-refractivity contribution is -0.128. The number of hydrogen-bond donors (Lipinski definition) is 4. The number of methoxy groups -OCH3 is 1. The molecule has 0 saturated heterocycles. The smallest absolute Gasteiger partial charge is 0.407 e. The predicted octanol–water partition coefficient (Wildman–Crippen LogP) is 0.885. The van der Waals surface area contributed by atoms with Crippen molar-refractivity contribution < 1.29 is 29.0 Å². The largest absolute Gasteiger partial charge is 0.496 e. The Labute approximate surface area is 180 Å². The first-order valence-electron chi connectivity index (χ1n) is 9.72. The molecule has 0 heterocycles. The number of carbonyl (C=O) groups is 3. The van der Waals surface area contributed by atoms with E-state index in [-0.39, 0.29) is 26.0 Å². The van der Waals surface area contributed by atoms with Crippen molar-refractivity contribution in [3.63, 3.8) is 0 Å². The zero-order valence-corrected chi connectivity index (χ0v) is 17.2. The SMILES string of the molecule is COc1ccccc1C[C@H](NC(=O)C[C@H](O)CNC(=O)OCc1ccccc1)C(N)=O. The molecule has 2 atom stereocenters. The van der Waals surface area contributed by atoms with Gasteiger partial charge in [-0.2, -0.15) is 0 Å². The van der Waals surface area contributed by atoms with Gasteiger partial charge in [0, 0.05) is 13.0 Å². The van der Waals surface area contributed by atoms with Crippen LogP contribution in [-0.2, 0) is 27.4 Å². The van der Waals surface area contributed by atoms with Gasteiger partial charge in [0.2, 0.25) is 11.8 Å². The molecule has 0 fully saturated rings. The average molecular weight is 429 g/mol. The van der Waals surface area contributed by atoms with Gasteiger partial charge in [0.1, 0.15) is 18.4 Å². The highest BCUT2D eigenvalue weighted by molar-refractivity contribution is 5.87. The van der Waals surface area contributed by atoms with Crippen LogP contribution in [0.25, 0.3) is 0 Å². The van der Waals surface area contributed by atoms with Crippen molar-refractivity contribution in [1.29, 1.82) is 0 Å². The van der Waals surface area contributed by atoms with E-state index in [1.807, 2.05) is 30.3 Å². The molecule has 0 unspecified atom stereocenters. The van der Waals surface area contributed by atoms with E-state index in [4.69, 9.17) is 15.2 Å². The van der Waals surface area contributed by atoms with Gasteiger partial charge in [0.25, 0.3) is 0 Å². The van der Waals surface area contributed by atoms with E-state index in [1.165, 1.54) is 7.11 Å². The van der Waals surface area contributed by atoms with Crippen LogP contribution in [0.3, 0.4) is 0 Å². The number of primary amides is 1. The Bertz CT molecular complexity index is 875. The molecule has 9 heteroatoms. The molecular weight excluding hydrogens is 402 g/mol. The zero-order valence-electron chi connectivity index (χ0n) is 17.2. The van der Waals surface area contributed by atoms with Crippen LogP contribution in [0.4, 0.5) is 4.79 Å². The van der Waals surface area contributed by atoms with E-state index < -0.39 is 30.1 Å². The van der Waals surface area contributed by atoms with Gasteiger partial charge in [-0.05, 0) is 17.2 Å². The van der Waals surface area contributed by atoms with E-state index >= 15 is 0 Å². The summed E-state index contributed by atoms with van der Waals surface area (Å²) >= 11 is 0. The summed E-state index contributed by atoms with van der Waals surface area (Å²) < 4.78 is 10.3. The molecule has 0 aliphatic heterocycles. The quantitative estimate of drug-likeness (QED) is 0.418. The number of hydrogen-bond acceptors (Lipinski definition) is 6. The van der Waals surface area contributed by atoms with Gasteiger partial charge in [-0.15, -0.1) is 0 Å². The van der Waals surface area contributed by atoms with Crippen molar-refractivity contribution in [2.24, 2.45) is 5.73 Å². The lowest BCUT2D eigenvalue weighted by Crippen LogP contribution is -2.47. The second kappa shape index (κ2) is 12.2. The van der Waals surface area contributed by atoms with Crippen molar-refractivity contribution in [2.45, 2.75) is 31.6 Å². The van der Waals surface area contributed by atoms with Crippen molar-refractivity contribution in [3.05, 3.63) is 65.7 Å². The van der Waals surface area contributed by atoms with Crippen molar-refractivity contribution >= 4 is 17.9 Å². The lowest BCUT2D eigenvalue weighted by Gasteiger charge is -2.18. The Balaban J connectivity index is 1.77. The summed E-state index contributed by atoms with van der Waals surface area (Å²) in [5.41, 5.74) is 6.93. The summed E-state index contributed by atoms with van der Waals surface area (Å²) in [6, 6.07) is 15.2. The molecular formula is C22H27N3O6. The lowest BCUT2D eigenvalue weighted by atomic mass is 10.0. The van der Waals surface area contributed by atoms with Crippen LogP contribution in [0.15, 0.2) is 54.6 Å². The van der Waals surface area contributed by atoms with Gasteiger partial charge in [0.15, 0.2) is 0 Å². The first-order chi connectivity index (χ1) is 14.9. The molecule has 5 N–H and O–H groups in total. The third kappa shape index (κ3) is 8.35. The fourth-order valence-electron chi connectivity index (χ4n) is 2.83. The molecule has 0 saturated carbocycles. The number of benzene rings is 2.